The topological polar surface area (TPSA) is 122 Å². The fourth-order valence-corrected chi connectivity index (χ4v) is 2.58. The van der Waals surface area contributed by atoms with Gasteiger partial charge in [-0.1, -0.05) is 18.2 Å². The van der Waals surface area contributed by atoms with Crippen LogP contribution < -0.4 is 5.73 Å². The molecule has 0 radical (unpaired) electrons. The van der Waals surface area contributed by atoms with Gasteiger partial charge in [0, 0.05) is 18.0 Å². The SMILES string of the molecule is CC1(c2cccc(-c3cncc(C#N)c3)c2)COCC(N)=N1.O=C(O)C(F)(F)F. The lowest BCUT2D eigenvalue weighted by Gasteiger charge is -2.30. The van der Waals surface area contributed by atoms with Gasteiger partial charge in [-0.25, -0.2) is 4.79 Å². The van der Waals surface area contributed by atoms with Gasteiger partial charge in [-0.05, 0) is 30.2 Å². The number of benzene rings is 1. The van der Waals surface area contributed by atoms with Gasteiger partial charge in [0.15, 0.2) is 0 Å². The van der Waals surface area contributed by atoms with Crippen LogP contribution in [0.1, 0.15) is 18.1 Å². The largest absolute Gasteiger partial charge is 0.490 e. The van der Waals surface area contributed by atoms with Crippen LogP contribution in [0.4, 0.5) is 13.2 Å². The fraction of sp³-hybridized carbons (Fsp3) is 0.263. The predicted octanol–water partition coefficient (Wildman–Crippen LogP) is 2.86. The third-order valence-electron chi connectivity index (χ3n) is 3.95. The molecule has 0 amide bonds. The first-order valence-corrected chi connectivity index (χ1v) is 8.23. The summed E-state index contributed by atoms with van der Waals surface area (Å²) in [5.74, 6) is -2.25. The highest BCUT2D eigenvalue weighted by molar-refractivity contribution is 5.82. The van der Waals surface area contributed by atoms with E-state index in [1.807, 2.05) is 37.3 Å². The quantitative estimate of drug-likeness (QED) is 0.791. The Morgan fingerprint density at radius 3 is 2.59 bits per heavy atom. The number of rotatable bonds is 2. The summed E-state index contributed by atoms with van der Waals surface area (Å²) >= 11 is 0. The Morgan fingerprint density at radius 1 is 1.31 bits per heavy atom. The Hall–Kier alpha value is -3.45. The van der Waals surface area contributed by atoms with Gasteiger partial charge in [-0.15, -0.1) is 0 Å². The molecule has 0 saturated carbocycles. The van der Waals surface area contributed by atoms with E-state index in [4.69, 9.17) is 25.6 Å². The smallest absolute Gasteiger partial charge is 0.475 e. The molecule has 2 aromatic rings. The van der Waals surface area contributed by atoms with E-state index in [1.165, 1.54) is 0 Å². The molecular formula is C19H17F3N4O3. The molecule has 1 aromatic carbocycles. The van der Waals surface area contributed by atoms with Crippen molar-refractivity contribution in [2.45, 2.75) is 18.6 Å². The summed E-state index contributed by atoms with van der Waals surface area (Å²) in [6, 6.07) is 11.9. The number of ether oxygens (including phenoxy) is 1. The van der Waals surface area contributed by atoms with E-state index in [9.17, 15) is 13.2 Å². The number of hydrogen-bond donors (Lipinski definition) is 2. The highest BCUT2D eigenvalue weighted by Crippen LogP contribution is 2.31. The average Bonchev–Trinajstić information content (AvgIpc) is 2.68. The van der Waals surface area contributed by atoms with E-state index >= 15 is 0 Å². The van der Waals surface area contributed by atoms with Crippen LogP contribution in [0.3, 0.4) is 0 Å². The van der Waals surface area contributed by atoms with E-state index in [1.54, 1.807) is 12.4 Å². The van der Waals surface area contributed by atoms with Crippen molar-refractivity contribution in [3.63, 3.8) is 0 Å². The molecule has 10 heteroatoms. The number of pyridine rings is 1. The summed E-state index contributed by atoms with van der Waals surface area (Å²) in [5.41, 5.74) is 8.78. The minimum absolute atomic E-state index is 0.378. The van der Waals surface area contributed by atoms with Gasteiger partial charge in [-0.2, -0.15) is 18.4 Å². The van der Waals surface area contributed by atoms with Crippen molar-refractivity contribution in [1.82, 2.24) is 4.98 Å². The van der Waals surface area contributed by atoms with Crippen LogP contribution in [-0.4, -0.2) is 41.3 Å². The van der Waals surface area contributed by atoms with Crippen LogP contribution in [0, 0.1) is 11.3 Å². The summed E-state index contributed by atoms with van der Waals surface area (Å²) in [6.07, 6.45) is -1.79. The third-order valence-corrected chi connectivity index (χ3v) is 3.95. The summed E-state index contributed by atoms with van der Waals surface area (Å²) in [6.45, 7) is 2.87. The molecule has 1 unspecified atom stereocenters. The molecule has 0 bridgehead atoms. The zero-order chi connectivity index (χ0) is 21.7. The van der Waals surface area contributed by atoms with Crippen molar-refractivity contribution in [2.75, 3.05) is 13.2 Å². The second-order valence-corrected chi connectivity index (χ2v) is 6.33. The van der Waals surface area contributed by atoms with Crippen LogP contribution in [0.5, 0.6) is 0 Å². The molecule has 152 valence electrons. The number of aliphatic carboxylic acids is 1. The lowest BCUT2D eigenvalue weighted by molar-refractivity contribution is -0.192. The molecule has 3 rings (SSSR count). The molecule has 0 aliphatic carbocycles. The van der Waals surface area contributed by atoms with Crippen LogP contribution in [0.25, 0.3) is 11.1 Å². The van der Waals surface area contributed by atoms with Gasteiger partial charge in [-0.3, -0.25) is 9.98 Å². The van der Waals surface area contributed by atoms with Crippen LogP contribution in [0.15, 0.2) is 47.7 Å². The molecule has 0 saturated heterocycles. The molecule has 1 aromatic heterocycles. The Balaban J connectivity index is 0.000000370. The number of amidine groups is 1. The van der Waals surface area contributed by atoms with Crippen molar-refractivity contribution in [2.24, 2.45) is 10.7 Å². The lowest BCUT2D eigenvalue weighted by Crippen LogP contribution is -2.37. The second kappa shape index (κ2) is 8.70. The molecule has 1 aliphatic heterocycles. The summed E-state index contributed by atoms with van der Waals surface area (Å²) in [5, 5.41) is 16.1. The Kier molecular flexibility index (Phi) is 6.56. The Bertz CT molecular complexity index is 970. The maximum atomic E-state index is 10.6. The van der Waals surface area contributed by atoms with Crippen molar-refractivity contribution >= 4 is 11.8 Å². The fourth-order valence-electron chi connectivity index (χ4n) is 2.58. The molecule has 2 heterocycles. The minimum atomic E-state index is -5.08. The zero-order valence-corrected chi connectivity index (χ0v) is 15.3. The monoisotopic (exact) mass is 406 g/mol. The second-order valence-electron chi connectivity index (χ2n) is 6.33. The number of nitriles is 1. The van der Waals surface area contributed by atoms with Crippen LogP contribution >= 0.6 is 0 Å². The first kappa shape index (κ1) is 21.8. The van der Waals surface area contributed by atoms with Crippen LogP contribution in [-0.2, 0) is 15.1 Å². The Labute approximate surface area is 164 Å². The molecule has 1 atom stereocenters. The number of aliphatic imine (C=N–C) groups is 1. The third kappa shape index (κ3) is 5.76. The summed E-state index contributed by atoms with van der Waals surface area (Å²) in [7, 11) is 0. The van der Waals surface area contributed by atoms with Crippen molar-refractivity contribution in [3.8, 4) is 17.2 Å². The standard InChI is InChI=1S/C17H16N4O.C2HF3O2/c1-17(11-22-10-16(19)21-17)15-4-2-3-13(6-15)14-5-12(7-18)8-20-9-14;3-2(4,5)1(6)7/h2-6,8-9H,10-11H2,1H3,(H2,19,21);(H,6,7). The first-order chi connectivity index (χ1) is 13.5. The maximum absolute atomic E-state index is 10.6. The number of aromatic nitrogens is 1. The van der Waals surface area contributed by atoms with Crippen molar-refractivity contribution in [3.05, 3.63) is 53.9 Å². The highest BCUT2D eigenvalue weighted by atomic mass is 19.4. The van der Waals surface area contributed by atoms with Crippen molar-refractivity contribution in [1.29, 1.82) is 5.26 Å². The zero-order valence-electron chi connectivity index (χ0n) is 15.3. The molecule has 0 fully saturated rings. The predicted molar refractivity (Wildman–Crippen MR) is 97.9 cm³/mol. The summed E-state index contributed by atoms with van der Waals surface area (Å²) in [4.78, 5) is 17.6. The van der Waals surface area contributed by atoms with Gasteiger partial charge in [0.2, 0.25) is 0 Å². The van der Waals surface area contributed by atoms with E-state index in [-0.39, 0.29) is 0 Å². The number of nitrogens with two attached hydrogens (primary N) is 1. The normalized spacial score (nSPS) is 18.7. The van der Waals surface area contributed by atoms with Gasteiger partial charge < -0.3 is 15.6 Å². The molecule has 7 nitrogen and oxygen atoms in total. The number of carbonyl (C=O) groups is 1. The van der Waals surface area contributed by atoms with E-state index < -0.39 is 17.7 Å². The number of nitrogens with zero attached hydrogens (tertiary/aromatic N) is 3. The first-order valence-electron chi connectivity index (χ1n) is 8.23. The number of carboxylic acid groups (broad SMARTS) is 1. The Morgan fingerprint density at radius 2 is 2.00 bits per heavy atom. The maximum Gasteiger partial charge on any atom is 0.490 e. The molecule has 0 spiro atoms. The molecule has 3 N–H and O–H groups in total. The van der Waals surface area contributed by atoms with Crippen molar-refractivity contribution < 1.29 is 27.8 Å². The van der Waals surface area contributed by atoms with Crippen LogP contribution in [0.2, 0.25) is 0 Å². The number of hydrogen-bond acceptors (Lipinski definition) is 6. The number of alkyl halides is 3. The van der Waals surface area contributed by atoms with Gasteiger partial charge in [0.25, 0.3) is 0 Å². The molecule has 1 aliphatic rings. The van der Waals surface area contributed by atoms with Gasteiger partial charge in [0.1, 0.15) is 24.1 Å². The van der Waals surface area contributed by atoms with Gasteiger partial charge in [0.05, 0.1) is 12.2 Å². The summed E-state index contributed by atoms with van der Waals surface area (Å²) < 4.78 is 37.3. The van der Waals surface area contributed by atoms with E-state index in [0.717, 1.165) is 16.7 Å². The average molecular weight is 406 g/mol. The number of halogens is 3. The minimum Gasteiger partial charge on any atom is -0.475 e. The highest BCUT2D eigenvalue weighted by Gasteiger charge is 2.38. The molecule has 29 heavy (non-hydrogen) atoms. The molecular weight excluding hydrogens is 389 g/mol. The van der Waals surface area contributed by atoms with Gasteiger partial charge >= 0.3 is 12.1 Å². The van der Waals surface area contributed by atoms with E-state index in [0.29, 0.717) is 24.6 Å². The number of carboxylic acids is 1. The van der Waals surface area contributed by atoms with E-state index in [2.05, 4.69) is 16.0 Å². The lowest BCUT2D eigenvalue weighted by atomic mass is 9.90.